The molecule has 2 aliphatic rings. The van der Waals surface area contributed by atoms with E-state index >= 15 is 0 Å². The average Bonchev–Trinajstić information content (AvgIpc) is 3.00. The van der Waals surface area contributed by atoms with Gasteiger partial charge < -0.3 is 15.4 Å². The second kappa shape index (κ2) is 7.01. The molecule has 2 fully saturated rings. The molecule has 6 heteroatoms. The number of hydrogen-bond acceptors (Lipinski definition) is 5. The van der Waals surface area contributed by atoms with Gasteiger partial charge in [0.25, 0.3) is 0 Å². The molecule has 0 radical (unpaired) electrons. The summed E-state index contributed by atoms with van der Waals surface area (Å²) in [6.45, 7) is 3.51. The lowest BCUT2D eigenvalue weighted by Gasteiger charge is -2.35. The fourth-order valence-corrected chi connectivity index (χ4v) is 5.24. The van der Waals surface area contributed by atoms with Crippen LogP contribution in [-0.2, 0) is 14.6 Å². The third-order valence-corrected chi connectivity index (χ3v) is 7.14. The van der Waals surface area contributed by atoms with E-state index in [9.17, 15) is 8.42 Å². The molecule has 2 rings (SSSR count). The van der Waals surface area contributed by atoms with Crippen molar-refractivity contribution in [2.75, 3.05) is 26.0 Å². The van der Waals surface area contributed by atoms with Crippen molar-refractivity contribution in [3.8, 4) is 0 Å². The minimum atomic E-state index is -3.17. The Morgan fingerprint density at radius 2 is 1.76 bits per heavy atom. The molecular weight excluding hydrogens is 288 g/mol. The SMILES string of the molecule is CO/C(C)=C(\N)CS(=O)(=O)C1CCN(C2CCCC2)CC1. The number of piperidine rings is 1. The summed E-state index contributed by atoms with van der Waals surface area (Å²) in [6.07, 6.45) is 6.66. The van der Waals surface area contributed by atoms with Crippen LogP contribution < -0.4 is 5.73 Å². The molecule has 21 heavy (non-hydrogen) atoms. The van der Waals surface area contributed by atoms with Crippen molar-refractivity contribution in [2.45, 2.75) is 56.7 Å². The highest BCUT2D eigenvalue weighted by Crippen LogP contribution is 2.28. The second-order valence-electron chi connectivity index (χ2n) is 6.27. The van der Waals surface area contributed by atoms with Gasteiger partial charge in [0.1, 0.15) is 5.76 Å². The first kappa shape index (κ1) is 16.6. The van der Waals surface area contributed by atoms with E-state index in [-0.39, 0.29) is 11.0 Å². The first-order valence-corrected chi connectivity index (χ1v) is 9.60. The number of sulfone groups is 1. The predicted octanol–water partition coefficient (Wildman–Crippen LogP) is 1.64. The monoisotopic (exact) mass is 316 g/mol. The summed E-state index contributed by atoms with van der Waals surface area (Å²) < 4.78 is 29.9. The van der Waals surface area contributed by atoms with Crippen LogP contribution in [0.15, 0.2) is 11.5 Å². The summed E-state index contributed by atoms with van der Waals surface area (Å²) in [7, 11) is -1.67. The molecule has 0 unspecified atom stereocenters. The summed E-state index contributed by atoms with van der Waals surface area (Å²) in [5, 5.41) is -0.252. The normalized spacial score (nSPS) is 24.1. The smallest absolute Gasteiger partial charge is 0.158 e. The molecule has 1 saturated carbocycles. The topological polar surface area (TPSA) is 72.6 Å². The first-order chi connectivity index (χ1) is 9.94. The molecule has 2 N–H and O–H groups in total. The molecule has 1 aliphatic carbocycles. The van der Waals surface area contributed by atoms with Gasteiger partial charge in [-0.25, -0.2) is 8.42 Å². The molecule has 0 atom stereocenters. The Bertz CT molecular complexity index is 473. The van der Waals surface area contributed by atoms with E-state index in [4.69, 9.17) is 10.5 Å². The lowest BCUT2D eigenvalue weighted by Crippen LogP contribution is -2.44. The van der Waals surface area contributed by atoms with E-state index < -0.39 is 9.84 Å². The minimum absolute atomic E-state index is 0.0826. The molecule has 122 valence electrons. The molecule has 1 saturated heterocycles. The lowest BCUT2D eigenvalue weighted by molar-refractivity contribution is 0.166. The summed E-state index contributed by atoms with van der Waals surface area (Å²) in [5.41, 5.74) is 6.14. The van der Waals surface area contributed by atoms with Gasteiger partial charge in [0.05, 0.1) is 23.8 Å². The van der Waals surface area contributed by atoms with Crippen molar-refractivity contribution >= 4 is 9.84 Å². The van der Waals surface area contributed by atoms with Gasteiger partial charge >= 0.3 is 0 Å². The van der Waals surface area contributed by atoms with Crippen LogP contribution in [0.3, 0.4) is 0 Å². The zero-order valence-electron chi connectivity index (χ0n) is 13.2. The van der Waals surface area contributed by atoms with Gasteiger partial charge in [-0.1, -0.05) is 12.8 Å². The van der Waals surface area contributed by atoms with Crippen molar-refractivity contribution in [2.24, 2.45) is 5.73 Å². The Balaban J connectivity index is 1.91. The van der Waals surface area contributed by atoms with E-state index in [0.717, 1.165) is 25.9 Å². The molecule has 0 aromatic carbocycles. The van der Waals surface area contributed by atoms with Crippen molar-refractivity contribution in [3.05, 3.63) is 11.5 Å². The molecule has 1 aliphatic heterocycles. The van der Waals surface area contributed by atoms with Gasteiger partial charge in [0, 0.05) is 6.04 Å². The molecule has 0 aromatic heterocycles. The van der Waals surface area contributed by atoms with Crippen LogP contribution >= 0.6 is 0 Å². The predicted molar refractivity (Wildman–Crippen MR) is 84.5 cm³/mol. The van der Waals surface area contributed by atoms with Crippen LogP contribution in [0.4, 0.5) is 0 Å². The standard InChI is InChI=1S/C15H28N2O3S/c1-12(20-2)15(16)11-21(18,19)14-7-9-17(10-8-14)13-5-3-4-6-13/h13-14H,3-11,16H2,1-2H3/b15-12-. The Kier molecular flexibility index (Phi) is 5.54. The summed E-state index contributed by atoms with van der Waals surface area (Å²) in [4.78, 5) is 2.48. The molecule has 0 amide bonds. The molecule has 0 aromatic rings. The Hall–Kier alpha value is -0.750. The van der Waals surface area contributed by atoms with E-state index in [2.05, 4.69) is 4.90 Å². The van der Waals surface area contributed by atoms with Crippen LogP contribution in [0.5, 0.6) is 0 Å². The van der Waals surface area contributed by atoms with Crippen LogP contribution in [-0.4, -0.2) is 50.6 Å². The average molecular weight is 316 g/mol. The number of nitrogens with zero attached hydrogens (tertiary/aromatic N) is 1. The number of ether oxygens (including phenoxy) is 1. The quantitative estimate of drug-likeness (QED) is 0.781. The molecule has 0 bridgehead atoms. The molecule has 1 heterocycles. The summed E-state index contributed by atoms with van der Waals surface area (Å²) in [6, 6.07) is 0.689. The van der Waals surface area contributed by atoms with E-state index in [0.29, 0.717) is 17.5 Å². The van der Waals surface area contributed by atoms with E-state index in [1.807, 2.05) is 0 Å². The Morgan fingerprint density at radius 3 is 2.29 bits per heavy atom. The zero-order valence-corrected chi connectivity index (χ0v) is 14.0. The Labute approximate surface area is 128 Å². The van der Waals surface area contributed by atoms with Crippen molar-refractivity contribution in [1.29, 1.82) is 0 Å². The number of hydrogen-bond donors (Lipinski definition) is 1. The Morgan fingerprint density at radius 1 is 1.19 bits per heavy atom. The minimum Gasteiger partial charge on any atom is -0.500 e. The van der Waals surface area contributed by atoms with Crippen LogP contribution in [0.25, 0.3) is 0 Å². The maximum Gasteiger partial charge on any atom is 0.158 e. The van der Waals surface area contributed by atoms with E-state index in [1.54, 1.807) is 6.92 Å². The van der Waals surface area contributed by atoms with Crippen molar-refractivity contribution in [1.82, 2.24) is 4.90 Å². The van der Waals surface area contributed by atoms with Gasteiger partial charge in [-0.2, -0.15) is 0 Å². The fourth-order valence-electron chi connectivity index (χ4n) is 3.44. The van der Waals surface area contributed by atoms with Crippen molar-refractivity contribution in [3.63, 3.8) is 0 Å². The van der Waals surface area contributed by atoms with Gasteiger partial charge in [-0.15, -0.1) is 0 Å². The van der Waals surface area contributed by atoms with Gasteiger partial charge in [0.2, 0.25) is 0 Å². The van der Waals surface area contributed by atoms with Crippen molar-refractivity contribution < 1.29 is 13.2 Å². The largest absolute Gasteiger partial charge is 0.500 e. The van der Waals surface area contributed by atoms with Crippen LogP contribution in [0.1, 0.15) is 45.4 Å². The number of methoxy groups -OCH3 is 1. The zero-order chi connectivity index (χ0) is 15.5. The highest BCUT2D eigenvalue weighted by molar-refractivity contribution is 7.92. The fraction of sp³-hybridized carbons (Fsp3) is 0.867. The summed E-state index contributed by atoms with van der Waals surface area (Å²) in [5.74, 6) is 0.419. The number of allylic oxidation sites excluding steroid dienone is 1. The summed E-state index contributed by atoms with van der Waals surface area (Å²) >= 11 is 0. The van der Waals surface area contributed by atoms with Crippen LogP contribution in [0.2, 0.25) is 0 Å². The van der Waals surface area contributed by atoms with E-state index in [1.165, 1.54) is 32.8 Å². The highest BCUT2D eigenvalue weighted by Gasteiger charge is 2.33. The number of rotatable bonds is 5. The maximum atomic E-state index is 12.5. The van der Waals surface area contributed by atoms with Gasteiger partial charge in [-0.3, -0.25) is 0 Å². The third-order valence-electron chi connectivity index (χ3n) is 4.94. The highest BCUT2D eigenvalue weighted by atomic mass is 32.2. The maximum absolute atomic E-state index is 12.5. The number of likely N-dealkylation sites (tertiary alicyclic amines) is 1. The van der Waals surface area contributed by atoms with Crippen LogP contribution in [0, 0.1) is 0 Å². The molecular formula is C15H28N2O3S. The lowest BCUT2D eigenvalue weighted by atomic mass is 10.1. The third kappa shape index (κ3) is 4.13. The molecule has 0 spiro atoms. The van der Waals surface area contributed by atoms with Gasteiger partial charge in [-0.05, 0) is 45.7 Å². The number of nitrogens with two attached hydrogens (primary N) is 1. The second-order valence-corrected chi connectivity index (χ2v) is 8.55. The first-order valence-electron chi connectivity index (χ1n) is 7.89. The molecule has 5 nitrogen and oxygen atoms in total. The van der Waals surface area contributed by atoms with Gasteiger partial charge in [0.15, 0.2) is 9.84 Å².